The average molecular weight is 354 g/mol. The van der Waals surface area contributed by atoms with Crippen LogP contribution in [0.3, 0.4) is 0 Å². The lowest BCUT2D eigenvalue weighted by Gasteiger charge is -2.36. The number of fused-ring (bicyclic) bond motifs is 1. The molecule has 0 radical (unpaired) electrons. The third-order valence-corrected chi connectivity index (χ3v) is 4.63. The van der Waals surface area contributed by atoms with Crippen LogP contribution in [-0.2, 0) is 0 Å². The summed E-state index contributed by atoms with van der Waals surface area (Å²) in [5, 5.41) is 0. The first-order valence-electron chi connectivity index (χ1n) is 5.25. The first-order valence-corrected chi connectivity index (χ1v) is 6.33. The molecule has 0 saturated carbocycles. The molecule has 0 amide bonds. The predicted octanol–water partition coefficient (Wildman–Crippen LogP) is 4.54. The number of hydrogen-bond acceptors (Lipinski definition) is 0. The number of halogens is 5. The molecular weight excluding hydrogens is 347 g/mol. The third kappa shape index (κ3) is 1.41. The molecule has 0 unspecified atom stereocenters. The molecule has 4 rings (SSSR count). The van der Waals surface area contributed by atoms with E-state index in [1.54, 1.807) is 0 Å². The Labute approximate surface area is 109 Å². The minimum absolute atomic E-state index is 0.0121. The van der Waals surface area contributed by atoms with Crippen molar-refractivity contribution in [1.29, 1.82) is 0 Å². The third-order valence-electron chi connectivity index (χ3n) is 3.52. The summed E-state index contributed by atoms with van der Waals surface area (Å²) >= 11 is 2.05. The molecule has 17 heavy (non-hydrogen) atoms. The molecule has 1 aromatic rings. The standard InChI is InChI=1S/C12H7F4I/c13-9-7-4-1-2-5(6(17)3-4)8(7)10(14)12(16)11(9)15/h3-5H,1-2H2/t4-,5+/m1/s1. The van der Waals surface area contributed by atoms with E-state index in [9.17, 15) is 17.6 Å². The van der Waals surface area contributed by atoms with Crippen LogP contribution in [0.4, 0.5) is 17.6 Å². The van der Waals surface area contributed by atoms with Gasteiger partial charge in [-0.15, -0.1) is 0 Å². The van der Waals surface area contributed by atoms with Crippen molar-refractivity contribution in [2.45, 2.75) is 24.7 Å². The van der Waals surface area contributed by atoms with E-state index in [0.29, 0.717) is 12.8 Å². The smallest absolute Gasteiger partial charge is 0.197 e. The van der Waals surface area contributed by atoms with Crippen LogP contribution in [-0.4, -0.2) is 0 Å². The second kappa shape index (κ2) is 3.70. The highest BCUT2D eigenvalue weighted by molar-refractivity contribution is 14.1. The molecule has 5 heteroatoms. The van der Waals surface area contributed by atoms with Crippen LogP contribution >= 0.6 is 22.6 Å². The summed E-state index contributed by atoms with van der Waals surface area (Å²) in [6.45, 7) is 0. The molecule has 0 nitrogen and oxygen atoms in total. The summed E-state index contributed by atoms with van der Waals surface area (Å²) in [5.41, 5.74) is 0.0302. The monoisotopic (exact) mass is 354 g/mol. The number of benzene rings is 1. The lowest BCUT2D eigenvalue weighted by atomic mass is 9.71. The van der Waals surface area contributed by atoms with Crippen molar-refractivity contribution in [2.75, 3.05) is 0 Å². The number of rotatable bonds is 0. The number of allylic oxidation sites excluding steroid dienone is 2. The van der Waals surface area contributed by atoms with E-state index in [2.05, 4.69) is 22.6 Å². The zero-order valence-corrected chi connectivity index (χ0v) is 10.7. The molecule has 2 bridgehead atoms. The van der Waals surface area contributed by atoms with Crippen molar-refractivity contribution in [3.05, 3.63) is 44.1 Å². The maximum absolute atomic E-state index is 13.7. The highest BCUT2D eigenvalue weighted by atomic mass is 127. The molecule has 0 spiro atoms. The predicted molar refractivity (Wildman–Crippen MR) is 63.1 cm³/mol. The van der Waals surface area contributed by atoms with Crippen LogP contribution in [0.25, 0.3) is 0 Å². The Kier molecular flexibility index (Phi) is 2.50. The average Bonchev–Trinajstić information content (AvgIpc) is 2.33. The van der Waals surface area contributed by atoms with Gasteiger partial charge < -0.3 is 0 Å². The molecule has 90 valence electrons. The minimum atomic E-state index is -1.70. The van der Waals surface area contributed by atoms with Crippen molar-refractivity contribution in [3.63, 3.8) is 0 Å². The van der Waals surface area contributed by atoms with Crippen LogP contribution in [0.5, 0.6) is 0 Å². The zero-order chi connectivity index (χ0) is 12.3. The maximum Gasteiger partial charge on any atom is 0.197 e. The van der Waals surface area contributed by atoms with Crippen molar-refractivity contribution in [2.24, 2.45) is 0 Å². The largest absolute Gasteiger partial charge is 0.203 e. The van der Waals surface area contributed by atoms with Crippen LogP contribution in [0.2, 0.25) is 0 Å². The molecule has 0 heterocycles. The van der Waals surface area contributed by atoms with Gasteiger partial charge in [-0.1, -0.05) is 6.08 Å². The van der Waals surface area contributed by atoms with Crippen molar-refractivity contribution >= 4 is 22.6 Å². The Balaban J connectivity index is 2.37. The van der Waals surface area contributed by atoms with Gasteiger partial charge in [-0.05, 0) is 39.0 Å². The summed E-state index contributed by atoms with van der Waals surface area (Å²) < 4.78 is 54.7. The van der Waals surface area contributed by atoms with Crippen LogP contribution < -0.4 is 0 Å². The lowest BCUT2D eigenvalue weighted by molar-refractivity contribution is 0.378. The molecule has 1 aromatic carbocycles. The Morgan fingerprint density at radius 3 is 2.06 bits per heavy atom. The fourth-order valence-electron chi connectivity index (χ4n) is 2.75. The van der Waals surface area contributed by atoms with Crippen molar-refractivity contribution in [3.8, 4) is 0 Å². The molecule has 0 fully saturated rings. The second-order valence-electron chi connectivity index (χ2n) is 4.37. The van der Waals surface area contributed by atoms with Gasteiger partial charge in [0.1, 0.15) is 0 Å². The highest BCUT2D eigenvalue weighted by Gasteiger charge is 2.40. The Morgan fingerprint density at radius 2 is 1.47 bits per heavy atom. The molecule has 3 aliphatic carbocycles. The first-order chi connectivity index (χ1) is 8.02. The SMILES string of the molecule is Fc1c(F)c(F)c2c(c1F)[C@H]1C=C(I)[C@@H]2CC1. The molecule has 0 aromatic heterocycles. The lowest BCUT2D eigenvalue weighted by Crippen LogP contribution is -2.24. The highest BCUT2D eigenvalue weighted by Crippen LogP contribution is 2.52. The normalized spacial score (nSPS) is 25.8. The maximum atomic E-state index is 13.7. The van der Waals surface area contributed by atoms with Gasteiger partial charge in [-0.2, -0.15) is 0 Å². The van der Waals surface area contributed by atoms with Crippen LogP contribution in [0.1, 0.15) is 35.8 Å². The fraction of sp³-hybridized carbons (Fsp3) is 0.333. The topological polar surface area (TPSA) is 0 Å². The van der Waals surface area contributed by atoms with Crippen LogP contribution in [0, 0.1) is 23.3 Å². The van der Waals surface area contributed by atoms with E-state index in [0.717, 1.165) is 3.58 Å². The summed E-state index contributed by atoms with van der Waals surface area (Å²) in [6, 6.07) is 0. The Morgan fingerprint density at radius 1 is 0.882 bits per heavy atom. The Hall–Kier alpha value is -0.590. The van der Waals surface area contributed by atoms with Gasteiger partial charge in [-0.25, -0.2) is 17.6 Å². The summed E-state index contributed by atoms with van der Waals surface area (Å²) in [7, 11) is 0. The van der Waals surface area contributed by atoms with E-state index >= 15 is 0 Å². The van der Waals surface area contributed by atoms with Gasteiger partial charge in [0.05, 0.1) is 0 Å². The Bertz CT molecular complexity index is 550. The van der Waals surface area contributed by atoms with Gasteiger partial charge >= 0.3 is 0 Å². The van der Waals surface area contributed by atoms with Crippen LogP contribution in [0.15, 0.2) is 9.66 Å². The van der Waals surface area contributed by atoms with E-state index in [1.807, 2.05) is 6.08 Å². The van der Waals surface area contributed by atoms with Crippen molar-refractivity contribution < 1.29 is 17.6 Å². The quantitative estimate of drug-likeness (QED) is 0.278. The summed E-state index contributed by atoms with van der Waals surface area (Å²) in [5.74, 6) is -6.49. The molecular formula is C12H7F4I. The molecule has 2 atom stereocenters. The van der Waals surface area contributed by atoms with Gasteiger partial charge in [0.15, 0.2) is 23.3 Å². The van der Waals surface area contributed by atoms with E-state index in [-0.39, 0.29) is 23.0 Å². The molecule has 0 N–H and O–H groups in total. The van der Waals surface area contributed by atoms with Gasteiger partial charge in [-0.3, -0.25) is 0 Å². The van der Waals surface area contributed by atoms with Gasteiger partial charge in [0.25, 0.3) is 0 Å². The summed E-state index contributed by atoms with van der Waals surface area (Å²) in [6.07, 6.45) is 3.14. The van der Waals surface area contributed by atoms with Gasteiger partial charge in [0.2, 0.25) is 0 Å². The van der Waals surface area contributed by atoms with Gasteiger partial charge in [0, 0.05) is 23.0 Å². The molecule has 3 aliphatic rings. The zero-order valence-electron chi connectivity index (χ0n) is 8.54. The van der Waals surface area contributed by atoms with E-state index < -0.39 is 23.3 Å². The minimum Gasteiger partial charge on any atom is -0.203 e. The summed E-state index contributed by atoms with van der Waals surface area (Å²) in [4.78, 5) is 0. The molecule has 0 saturated heterocycles. The fourth-order valence-corrected chi connectivity index (χ4v) is 3.81. The second-order valence-corrected chi connectivity index (χ2v) is 5.62. The van der Waals surface area contributed by atoms with Crippen molar-refractivity contribution in [1.82, 2.24) is 0 Å². The van der Waals surface area contributed by atoms with E-state index in [4.69, 9.17) is 0 Å². The molecule has 0 aliphatic heterocycles. The first kappa shape index (κ1) is 11.5. The number of hydrogen-bond donors (Lipinski definition) is 0. The van der Waals surface area contributed by atoms with E-state index in [1.165, 1.54) is 0 Å².